The molecule has 0 fully saturated rings. The summed E-state index contributed by atoms with van der Waals surface area (Å²) in [6, 6.07) is 5.25. The highest BCUT2D eigenvalue weighted by Gasteiger charge is 2.31. The highest BCUT2D eigenvalue weighted by molar-refractivity contribution is 6.28. The number of hydrogen-bond acceptors (Lipinski definition) is 5. The van der Waals surface area contributed by atoms with Crippen molar-refractivity contribution in [3.05, 3.63) is 35.7 Å². The van der Waals surface area contributed by atoms with Gasteiger partial charge in [-0.15, -0.1) is 13.2 Å². The lowest BCUT2D eigenvalue weighted by atomic mass is 10.3. The fraction of sp³-hybridized carbons (Fsp3) is 0.0909. The number of rotatable bonds is 3. The predicted molar refractivity (Wildman–Crippen MR) is 67.9 cm³/mol. The van der Waals surface area contributed by atoms with Crippen molar-refractivity contribution in [1.29, 1.82) is 0 Å². The second-order valence-corrected chi connectivity index (χ2v) is 3.98. The summed E-state index contributed by atoms with van der Waals surface area (Å²) in [7, 11) is 0. The van der Waals surface area contributed by atoms with Crippen molar-refractivity contribution in [1.82, 2.24) is 9.97 Å². The van der Waals surface area contributed by atoms with Crippen molar-refractivity contribution in [2.75, 3.05) is 11.1 Å². The molecule has 106 valence electrons. The van der Waals surface area contributed by atoms with Crippen molar-refractivity contribution >= 4 is 28.8 Å². The number of nitrogens with zero attached hydrogens (tertiary/aromatic N) is 2. The van der Waals surface area contributed by atoms with Crippen molar-refractivity contribution in [3.8, 4) is 5.75 Å². The van der Waals surface area contributed by atoms with Crippen LogP contribution < -0.4 is 15.8 Å². The number of ether oxygens (including phenoxy) is 1. The Morgan fingerprint density at radius 3 is 2.75 bits per heavy atom. The van der Waals surface area contributed by atoms with Gasteiger partial charge in [0.25, 0.3) is 0 Å². The summed E-state index contributed by atoms with van der Waals surface area (Å²) in [6.45, 7) is 0. The molecule has 0 amide bonds. The van der Waals surface area contributed by atoms with Gasteiger partial charge in [0.15, 0.2) is 5.82 Å². The Hall–Kier alpha value is -2.22. The van der Waals surface area contributed by atoms with Gasteiger partial charge in [-0.3, -0.25) is 0 Å². The van der Waals surface area contributed by atoms with Gasteiger partial charge in [0, 0.05) is 11.8 Å². The zero-order valence-electron chi connectivity index (χ0n) is 9.78. The van der Waals surface area contributed by atoms with Gasteiger partial charge in [-0.2, -0.15) is 4.98 Å². The highest BCUT2D eigenvalue weighted by atomic mass is 35.5. The molecule has 0 spiro atoms. The van der Waals surface area contributed by atoms with Crippen LogP contribution in [-0.2, 0) is 0 Å². The van der Waals surface area contributed by atoms with E-state index in [0.717, 1.165) is 6.07 Å². The number of nitrogen functional groups attached to an aromatic ring is 1. The van der Waals surface area contributed by atoms with Crippen LogP contribution in [-0.4, -0.2) is 16.3 Å². The van der Waals surface area contributed by atoms with Crippen LogP contribution >= 0.6 is 11.6 Å². The second kappa shape index (κ2) is 5.41. The molecule has 1 aromatic heterocycles. The molecule has 0 saturated carbocycles. The minimum Gasteiger partial charge on any atom is -0.406 e. The molecule has 0 atom stereocenters. The largest absolute Gasteiger partial charge is 0.573 e. The predicted octanol–water partition coefficient (Wildman–Crippen LogP) is 3.35. The highest BCUT2D eigenvalue weighted by Crippen LogP contribution is 2.27. The van der Waals surface area contributed by atoms with E-state index in [9.17, 15) is 13.2 Å². The van der Waals surface area contributed by atoms with Gasteiger partial charge in [-0.05, 0) is 23.7 Å². The molecular formula is C11H8ClF3N4O. The number of halogens is 4. The van der Waals surface area contributed by atoms with Crippen molar-refractivity contribution in [2.45, 2.75) is 6.36 Å². The zero-order chi connectivity index (χ0) is 14.8. The molecule has 2 aromatic rings. The molecule has 0 radical (unpaired) electrons. The van der Waals surface area contributed by atoms with Gasteiger partial charge >= 0.3 is 6.36 Å². The molecule has 3 N–H and O–H groups in total. The summed E-state index contributed by atoms with van der Waals surface area (Å²) in [4.78, 5) is 7.49. The van der Waals surface area contributed by atoms with Crippen molar-refractivity contribution in [2.24, 2.45) is 0 Å². The van der Waals surface area contributed by atoms with E-state index < -0.39 is 6.36 Å². The fourth-order valence-corrected chi connectivity index (χ4v) is 1.51. The maximum Gasteiger partial charge on any atom is 0.573 e. The first kappa shape index (κ1) is 14.2. The van der Waals surface area contributed by atoms with Crippen molar-refractivity contribution < 1.29 is 17.9 Å². The Labute approximate surface area is 116 Å². The maximum atomic E-state index is 12.1. The monoisotopic (exact) mass is 304 g/mol. The topological polar surface area (TPSA) is 73.1 Å². The fourth-order valence-electron chi connectivity index (χ4n) is 1.38. The minimum absolute atomic E-state index is 0.0376. The molecule has 0 aliphatic rings. The number of hydrogen-bond donors (Lipinski definition) is 2. The van der Waals surface area contributed by atoms with Gasteiger partial charge in [-0.1, -0.05) is 6.07 Å². The quantitative estimate of drug-likeness (QED) is 0.851. The third-order valence-electron chi connectivity index (χ3n) is 2.12. The summed E-state index contributed by atoms with van der Waals surface area (Å²) in [5.41, 5.74) is 6.14. The van der Waals surface area contributed by atoms with Crippen LogP contribution in [0.3, 0.4) is 0 Å². The Balaban J connectivity index is 2.21. The minimum atomic E-state index is -4.75. The summed E-state index contributed by atoms with van der Waals surface area (Å²) in [6.07, 6.45) is -3.47. The average Bonchev–Trinajstić information content (AvgIpc) is 2.32. The van der Waals surface area contributed by atoms with Crippen LogP contribution in [0.2, 0.25) is 5.28 Å². The third-order valence-corrected chi connectivity index (χ3v) is 2.30. The van der Waals surface area contributed by atoms with E-state index in [1.54, 1.807) is 0 Å². The van der Waals surface area contributed by atoms with E-state index in [2.05, 4.69) is 20.0 Å². The molecule has 0 aliphatic heterocycles. The Morgan fingerprint density at radius 1 is 1.30 bits per heavy atom. The number of alkyl halides is 3. The van der Waals surface area contributed by atoms with Crippen LogP contribution in [0, 0.1) is 0 Å². The van der Waals surface area contributed by atoms with E-state index >= 15 is 0 Å². The number of aromatic nitrogens is 2. The Morgan fingerprint density at radius 2 is 2.05 bits per heavy atom. The summed E-state index contributed by atoms with van der Waals surface area (Å²) >= 11 is 5.61. The average molecular weight is 305 g/mol. The molecule has 0 aliphatic carbocycles. The van der Waals surface area contributed by atoms with Gasteiger partial charge < -0.3 is 15.8 Å². The molecule has 1 aromatic carbocycles. The lowest BCUT2D eigenvalue weighted by molar-refractivity contribution is -0.274. The molecule has 0 bridgehead atoms. The molecule has 0 saturated heterocycles. The molecule has 20 heavy (non-hydrogen) atoms. The van der Waals surface area contributed by atoms with E-state index in [4.69, 9.17) is 17.3 Å². The van der Waals surface area contributed by atoms with Crippen molar-refractivity contribution in [3.63, 3.8) is 0 Å². The first-order valence-electron chi connectivity index (χ1n) is 5.24. The summed E-state index contributed by atoms with van der Waals surface area (Å²) in [5.74, 6) is -0.171. The molecule has 5 nitrogen and oxygen atoms in total. The Bertz CT molecular complexity index is 621. The smallest absolute Gasteiger partial charge is 0.406 e. The standard InChI is InChI=1S/C11H8ClF3N4O/c12-10-17-5-8(16)9(19-10)18-6-2-1-3-7(4-6)20-11(13,14)15/h1-5H,16H2,(H,17,18,19). The van der Waals surface area contributed by atoms with Crippen LogP contribution in [0.15, 0.2) is 30.5 Å². The van der Waals surface area contributed by atoms with Crippen LogP contribution in [0.5, 0.6) is 5.75 Å². The van der Waals surface area contributed by atoms with Gasteiger partial charge in [0.05, 0.1) is 11.9 Å². The lowest BCUT2D eigenvalue weighted by Gasteiger charge is -2.11. The van der Waals surface area contributed by atoms with Gasteiger partial charge in [0.2, 0.25) is 5.28 Å². The van der Waals surface area contributed by atoms with Crippen LogP contribution in [0.25, 0.3) is 0 Å². The number of anilines is 3. The molecule has 1 heterocycles. The number of nitrogens with one attached hydrogen (secondary N) is 1. The van der Waals surface area contributed by atoms with Gasteiger partial charge in [0.1, 0.15) is 5.75 Å². The lowest BCUT2D eigenvalue weighted by Crippen LogP contribution is -2.17. The first-order chi connectivity index (χ1) is 9.33. The van der Waals surface area contributed by atoms with Crippen LogP contribution in [0.4, 0.5) is 30.4 Å². The molecular weight excluding hydrogens is 297 g/mol. The Kier molecular flexibility index (Phi) is 3.84. The molecule has 0 unspecified atom stereocenters. The molecule has 2 rings (SSSR count). The van der Waals surface area contributed by atoms with E-state index in [0.29, 0.717) is 5.69 Å². The number of benzene rings is 1. The maximum absolute atomic E-state index is 12.1. The number of nitrogens with two attached hydrogens (primary N) is 1. The summed E-state index contributed by atoms with van der Waals surface area (Å²) in [5, 5.41) is 2.69. The normalized spacial score (nSPS) is 11.2. The van der Waals surface area contributed by atoms with E-state index in [-0.39, 0.29) is 22.5 Å². The SMILES string of the molecule is Nc1cnc(Cl)nc1Nc1cccc(OC(F)(F)F)c1. The van der Waals surface area contributed by atoms with Gasteiger partial charge in [-0.25, -0.2) is 4.98 Å². The van der Waals surface area contributed by atoms with Crippen LogP contribution in [0.1, 0.15) is 0 Å². The van der Waals surface area contributed by atoms with E-state index in [1.165, 1.54) is 24.4 Å². The molecule has 9 heteroatoms. The zero-order valence-corrected chi connectivity index (χ0v) is 10.5. The first-order valence-corrected chi connectivity index (χ1v) is 5.62. The third kappa shape index (κ3) is 3.89. The summed E-state index contributed by atoms with van der Waals surface area (Å²) < 4.78 is 40.2. The van der Waals surface area contributed by atoms with E-state index in [1.807, 2.05) is 0 Å². The second-order valence-electron chi connectivity index (χ2n) is 3.64.